The Morgan fingerprint density at radius 2 is 2.30 bits per heavy atom. The van der Waals surface area contributed by atoms with E-state index in [2.05, 4.69) is 0 Å². The normalized spacial score (nSPS) is 16.3. The molecular weight excluding hydrogens is 137 g/mol. The number of halogens is 1. The monoisotopic (exact) mass is 149 g/mol. The van der Waals surface area contributed by atoms with Crippen LogP contribution in [0, 0.1) is 0 Å². The van der Waals surface area contributed by atoms with E-state index in [1.165, 1.54) is 0 Å². The lowest BCUT2D eigenvalue weighted by Gasteiger charge is -2.19. The molecule has 0 saturated heterocycles. The number of hydrogen-bond acceptors (Lipinski definition) is 2. The van der Waals surface area contributed by atoms with Gasteiger partial charge in [-0.15, -0.1) is 0 Å². The van der Waals surface area contributed by atoms with Crippen molar-refractivity contribution in [3.8, 4) is 0 Å². The fraction of sp³-hybridized carbons (Fsp3) is 0.833. The van der Waals surface area contributed by atoms with Crippen LogP contribution in [0.1, 0.15) is 19.8 Å². The molecule has 0 amide bonds. The van der Waals surface area contributed by atoms with Gasteiger partial charge in [-0.05, 0) is 6.42 Å². The first kappa shape index (κ1) is 9.36. The van der Waals surface area contributed by atoms with Gasteiger partial charge in [-0.1, -0.05) is 13.3 Å². The Bertz CT molecular complexity index is 129. The number of carboxylic acid groups (broad SMARTS) is 1. The topological polar surface area (TPSA) is 63.3 Å². The average molecular weight is 149 g/mol. The van der Waals surface area contributed by atoms with Crippen molar-refractivity contribution < 1.29 is 14.3 Å². The molecule has 1 atom stereocenters. The summed E-state index contributed by atoms with van der Waals surface area (Å²) in [6.07, 6.45) is 0.756. The summed E-state index contributed by atoms with van der Waals surface area (Å²) in [5, 5.41) is 8.40. The molecule has 0 aromatic heterocycles. The minimum Gasteiger partial charge on any atom is -0.480 e. The van der Waals surface area contributed by atoms with Crippen LogP contribution in [0.4, 0.5) is 4.39 Å². The predicted octanol–water partition coefficient (Wildman–Crippen LogP) is 0.538. The number of hydrogen-bond donors (Lipinski definition) is 2. The minimum atomic E-state index is -1.66. The van der Waals surface area contributed by atoms with Crippen LogP contribution in [0.5, 0.6) is 0 Å². The summed E-state index contributed by atoms with van der Waals surface area (Å²) >= 11 is 0. The highest BCUT2D eigenvalue weighted by molar-refractivity contribution is 5.78. The van der Waals surface area contributed by atoms with E-state index in [0.717, 1.165) is 0 Å². The first-order valence-corrected chi connectivity index (χ1v) is 3.15. The van der Waals surface area contributed by atoms with Crippen LogP contribution in [-0.4, -0.2) is 23.3 Å². The van der Waals surface area contributed by atoms with Crippen LogP contribution in [-0.2, 0) is 4.79 Å². The van der Waals surface area contributed by atoms with E-state index in [1.807, 2.05) is 0 Å². The Kier molecular flexibility index (Phi) is 3.28. The first-order valence-electron chi connectivity index (χ1n) is 3.15. The molecule has 0 aliphatic rings. The third-order valence-corrected chi connectivity index (χ3v) is 1.36. The van der Waals surface area contributed by atoms with Gasteiger partial charge in [0.05, 0.1) is 0 Å². The van der Waals surface area contributed by atoms with Crippen molar-refractivity contribution in [1.82, 2.24) is 0 Å². The van der Waals surface area contributed by atoms with E-state index in [4.69, 9.17) is 10.8 Å². The van der Waals surface area contributed by atoms with Crippen LogP contribution in [0.3, 0.4) is 0 Å². The van der Waals surface area contributed by atoms with Crippen LogP contribution in [0.25, 0.3) is 0 Å². The van der Waals surface area contributed by atoms with E-state index in [0.29, 0.717) is 6.42 Å². The summed E-state index contributed by atoms with van der Waals surface area (Å²) in [4.78, 5) is 10.3. The van der Waals surface area contributed by atoms with Gasteiger partial charge < -0.3 is 10.8 Å². The van der Waals surface area contributed by atoms with E-state index < -0.39 is 18.2 Å². The SMILES string of the molecule is CCC[C@](N)(CF)C(=O)O. The lowest BCUT2D eigenvalue weighted by molar-refractivity contribution is -0.144. The fourth-order valence-electron chi connectivity index (χ4n) is 0.677. The van der Waals surface area contributed by atoms with Crippen molar-refractivity contribution >= 4 is 5.97 Å². The minimum absolute atomic E-state index is 0.179. The van der Waals surface area contributed by atoms with E-state index in [9.17, 15) is 9.18 Å². The first-order chi connectivity index (χ1) is 4.56. The molecule has 0 heterocycles. The predicted molar refractivity (Wildman–Crippen MR) is 35.4 cm³/mol. The molecule has 3 nitrogen and oxygen atoms in total. The zero-order chi connectivity index (χ0) is 8.20. The van der Waals surface area contributed by atoms with Gasteiger partial charge in [-0.3, -0.25) is 4.79 Å². The number of aliphatic carboxylic acids is 1. The maximum absolute atomic E-state index is 12.0. The zero-order valence-electron chi connectivity index (χ0n) is 5.93. The standard InChI is InChI=1S/C6H12FNO2/c1-2-3-6(8,4-7)5(9)10/h2-4,8H2,1H3,(H,9,10)/t6-/m0/s1. The smallest absolute Gasteiger partial charge is 0.326 e. The summed E-state index contributed by atoms with van der Waals surface area (Å²) < 4.78 is 12.0. The van der Waals surface area contributed by atoms with Gasteiger partial charge in [0.25, 0.3) is 0 Å². The van der Waals surface area contributed by atoms with Crippen molar-refractivity contribution in [2.24, 2.45) is 5.73 Å². The molecule has 0 spiro atoms. The zero-order valence-corrected chi connectivity index (χ0v) is 5.93. The largest absolute Gasteiger partial charge is 0.480 e. The second-order valence-electron chi connectivity index (χ2n) is 2.34. The number of rotatable bonds is 4. The fourth-order valence-corrected chi connectivity index (χ4v) is 0.677. The summed E-state index contributed by atoms with van der Waals surface area (Å²) in [5.74, 6) is -1.27. The highest BCUT2D eigenvalue weighted by Gasteiger charge is 2.32. The van der Waals surface area contributed by atoms with Crippen molar-refractivity contribution in [2.75, 3.05) is 6.67 Å². The molecule has 0 radical (unpaired) electrons. The van der Waals surface area contributed by atoms with Crippen molar-refractivity contribution in [3.05, 3.63) is 0 Å². The molecule has 0 bridgehead atoms. The highest BCUT2D eigenvalue weighted by Crippen LogP contribution is 2.09. The van der Waals surface area contributed by atoms with E-state index in [-0.39, 0.29) is 6.42 Å². The van der Waals surface area contributed by atoms with Crippen molar-refractivity contribution in [2.45, 2.75) is 25.3 Å². The van der Waals surface area contributed by atoms with Gasteiger partial charge in [0.1, 0.15) is 12.2 Å². The molecule has 0 aliphatic heterocycles. The van der Waals surface area contributed by atoms with E-state index >= 15 is 0 Å². The van der Waals surface area contributed by atoms with Gasteiger partial charge in [0.2, 0.25) is 0 Å². The summed E-state index contributed by atoms with van der Waals surface area (Å²) in [5.41, 5.74) is 3.52. The molecule has 0 unspecified atom stereocenters. The molecule has 4 heteroatoms. The van der Waals surface area contributed by atoms with Gasteiger partial charge in [-0.2, -0.15) is 0 Å². The number of carboxylic acids is 1. The second-order valence-corrected chi connectivity index (χ2v) is 2.34. The maximum Gasteiger partial charge on any atom is 0.326 e. The lowest BCUT2D eigenvalue weighted by Crippen LogP contribution is -2.49. The number of alkyl halides is 1. The molecule has 0 aromatic rings. The molecule has 0 aliphatic carbocycles. The third-order valence-electron chi connectivity index (χ3n) is 1.36. The van der Waals surface area contributed by atoms with Gasteiger partial charge >= 0.3 is 5.97 Å². The van der Waals surface area contributed by atoms with Gasteiger partial charge in [0, 0.05) is 0 Å². The lowest BCUT2D eigenvalue weighted by atomic mass is 9.97. The maximum atomic E-state index is 12.0. The Morgan fingerprint density at radius 1 is 1.80 bits per heavy atom. The average Bonchev–Trinajstić information content (AvgIpc) is 1.88. The molecular formula is C6H12FNO2. The van der Waals surface area contributed by atoms with E-state index in [1.54, 1.807) is 6.92 Å². The second kappa shape index (κ2) is 3.51. The Balaban J connectivity index is 4.08. The Morgan fingerprint density at radius 3 is 2.40 bits per heavy atom. The quantitative estimate of drug-likeness (QED) is 0.613. The van der Waals surface area contributed by atoms with Crippen molar-refractivity contribution in [3.63, 3.8) is 0 Å². The molecule has 0 saturated carbocycles. The molecule has 10 heavy (non-hydrogen) atoms. The Labute approximate surface area is 59.0 Å². The van der Waals surface area contributed by atoms with Crippen LogP contribution in [0.2, 0.25) is 0 Å². The van der Waals surface area contributed by atoms with Crippen LogP contribution < -0.4 is 5.73 Å². The summed E-state index contributed by atoms with van der Waals surface area (Å²) in [6.45, 7) is 0.760. The highest BCUT2D eigenvalue weighted by atomic mass is 19.1. The molecule has 0 aromatic carbocycles. The van der Waals surface area contributed by atoms with Gasteiger partial charge in [-0.25, -0.2) is 4.39 Å². The summed E-state index contributed by atoms with van der Waals surface area (Å²) in [6, 6.07) is 0. The third kappa shape index (κ3) is 1.95. The number of carbonyl (C=O) groups is 1. The molecule has 60 valence electrons. The Hall–Kier alpha value is -0.640. The van der Waals surface area contributed by atoms with Crippen molar-refractivity contribution in [1.29, 1.82) is 0 Å². The van der Waals surface area contributed by atoms with Crippen LogP contribution in [0.15, 0.2) is 0 Å². The van der Waals surface area contributed by atoms with Crippen LogP contribution >= 0.6 is 0 Å². The molecule has 0 fully saturated rings. The van der Waals surface area contributed by atoms with Gasteiger partial charge in [0.15, 0.2) is 0 Å². The molecule has 3 N–H and O–H groups in total. The molecule has 0 rings (SSSR count). The summed E-state index contributed by atoms with van der Waals surface area (Å²) in [7, 11) is 0. The number of nitrogens with two attached hydrogens (primary N) is 1.